The van der Waals surface area contributed by atoms with Crippen molar-refractivity contribution in [2.75, 3.05) is 12.0 Å². The van der Waals surface area contributed by atoms with Crippen LogP contribution in [0.15, 0.2) is 12.1 Å². The summed E-state index contributed by atoms with van der Waals surface area (Å²) in [4.78, 5) is 12.0. The molecule has 2 rings (SSSR count). The zero-order valence-electron chi connectivity index (χ0n) is 12.0. The van der Waals surface area contributed by atoms with Crippen molar-refractivity contribution in [2.45, 2.75) is 58.4 Å². The molecule has 1 aliphatic carbocycles. The average Bonchev–Trinajstić information content (AvgIpc) is 2.59. The van der Waals surface area contributed by atoms with Crippen LogP contribution in [0.3, 0.4) is 0 Å². The van der Waals surface area contributed by atoms with Crippen LogP contribution >= 0.6 is 0 Å². The quantitative estimate of drug-likeness (QED) is 0.820. The number of aryl methyl sites for hydroxylation is 2. The summed E-state index contributed by atoms with van der Waals surface area (Å²) in [5, 5.41) is 3.15. The Balaban J connectivity index is 1.78. The van der Waals surface area contributed by atoms with E-state index in [1.165, 1.54) is 25.7 Å². The van der Waals surface area contributed by atoms with Gasteiger partial charge in [-0.25, -0.2) is 0 Å². The van der Waals surface area contributed by atoms with Crippen LogP contribution in [0.25, 0.3) is 0 Å². The van der Waals surface area contributed by atoms with Gasteiger partial charge in [0, 0.05) is 17.4 Å². The highest BCUT2D eigenvalue weighted by Gasteiger charge is 2.14. The molecule has 1 aromatic rings. The Hall–Kier alpha value is -1.45. The summed E-state index contributed by atoms with van der Waals surface area (Å²) in [5.41, 5.74) is 5.42. The van der Waals surface area contributed by atoms with E-state index in [0.717, 1.165) is 24.2 Å². The number of amides is 1. The lowest BCUT2D eigenvalue weighted by atomic mass is 10.1. The molecule has 1 amide bonds. The maximum Gasteiger partial charge on any atom is 0.241 e. The topological polar surface area (TPSA) is 46.1 Å². The Morgan fingerprint density at radius 3 is 2.32 bits per heavy atom. The van der Waals surface area contributed by atoms with Gasteiger partial charge in [-0.3, -0.25) is 9.47 Å². The molecule has 0 aromatic carbocycles. The Kier molecular flexibility index (Phi) is 4.88. The predicted molar refractivity (Wildman–Crippen MR) is 77.8 cm³/mol. The van der Waals surface area contributed by atoms with Gasteiger partial charge in [-0.05, 0) is 38.8 Å². The molecule has 1 aromatic heterocycles. The SMILES string of the molecule is Cc1ccc(C)n1NCC(=O)NC1CCCCCC1. The van der Waals surface area contributed by atoms with E-state index in [9.17, 15) is 4.79 Å². The van der Waals surface area contributed by atoms with E-state index in [4.69, 9.17) is 0 Å². The second-order valence-electron chi connectivity index (χ2n) is 5.54. The molecule has 0 atom stereocenters. The van der Waals surface area contributed by atoms with E-state index < -0.39 is 0 Å². The molecule has 106 valence electrons. The Morgan fingerprint density at radius 1 is 1.16 bits per heavy atom. The molecule has 2 N–H and O–H groups in total. The Bertz CT molecular complexity index is 398. The van der Waals surface area contributed by atoms with Gasteiger partial charge in [-0.15, -0.1) is 0 Å². The van der Waals surface area contributed by atoms with Crippen LogP contribution in [0.1, 0.15) is 49.9 Å². The van der Waals surface area contributed by atoms with Gasteiger partial charge in [0.15, 0.2) is 0 Å². The van der Waals surface area contributed by atoms with Crippen LogP contribution in [0.4, 0.5) is 0 Å². The van der Waals surface area contributed by atoms with Crippen molar-refractivity contribution >= 4 is 5.91 Å². The van der Waals surface area contributed by atoms with Crippen LogP contribution < -0.4 is 10.7 Å². The second-order valence-corrected chi connectivity index (χ2v) is 5.54. The number of rotatable bonds is 4. The minimum atomic E-state index is 0.0967. The number of aromatic nitrogens is 1. The number of nitrogens with one attached hydrogen (secondary N) is 2. The van der Waals surface area contributed by atoms with E-state index in [1.807, 2.05) is 30.7 Å². The summed E-state index contributed by atoms with van der Waals surface area (Å²) in [5.74, 6) is 0.0967. The van der Waals surface area contributed by atoms with Crippen LogP contribution in [0, 0.1) is 13.8 Å². The van der Waals surface area contributed by atoms with Gasteiger partial charge in [0.2, 0.25) is 5.91 Å². The molecule has 1 heterocycles. The smallest absolute Gasteiger partial charge is 0.241 e. The van der Waals surface area contributed by atoms with Crippen molar-refractivity contribution < 1.29 is 4.79 Å². The van der Waals surface area contributed by atoms with Crippen LogP contribution in [0.5, 0.6) is 0 Å². The first-order valence-electron chi connectivity index (χ1n) is 7.35. The number of nitrogens with zero attached hydrogens (tertiary/aromatic N) is 1. The maximum absolute atomic E-state index is 12.0. The lowest BCUT2D eigenvalue weighted by Crippen LogP contribution is -2.39. The van der Waals surface area contributed by atoms with Crippen molar-refractivity contribution in [1.29, 1.82) is 0 Å². The number of carbonyl (C=O) groups is 1. The third kappa shape index (κ3) is 4.01. The summed E-state index contributed by atoms with van der Waals surface area (Å²) in [6.07, 6.45) is 7.38. The normalized spacial score (nSPS) is 16.9. The largest absolute Gasteiger partial charge is 0.352 e. The summed E-state index contributed by atoms with van der Waals surface area (Å²) in [7, 11) is 0. The predicted octanol–water partition coefficient (Wildman–Crippen LogP) is 2.49. The van der Waals surface area contributed by atoms with E-state index in [1.54, 1.807) is 0 Å². The van der Waals surface area contributed by atoms with Gasteiger partial charge in [0.25, 0.3) is 0 Å². The van der Waals surface area contributed by atoms with Crippen molar-refractivity contribution in [3.05, 3.63) is 23.5 Å². The number of hydrogen-bond donors (Lipinski definition) is 2. The highest BCUT2D eigenvalue weighted by atomic mass is 16.2. The zero-order chi connectivity index (χ0) is 13.7. The maximum atomic E-state index is 12.0. The van der Waals surface area contributed by atoms with Gasteiger partial charge in [0.05, 0.1) is 0 Å². The number of carbonyl (C=O) groups excluding carboxylic acids is 1. The van der Waals surface area contributed by atoms with E-state index in [0.29, 0.717) is 12.6 Å². The fraction of sp³-hybridized carbons (Fsp3) is 0.667. The molecular formula is C15H25N3O. The zero-order valence-corrected chi connectivity index (χ0v) is 12.0. The van der Waals surface area contributed by atoms with Crippen LogP contribution in [-0.2, 0) is 4.79 Å². The van der Waals surface area contributed by atoms with E-state index in [2.05, 4.69) is 10.7 Å². The molecule has 1 aliphatic rings. The molecule has 0 bridgehead atoms. The second kappa shape index (κ2) is 6.64. The van der Waals surface area contributed by atoms with Crippen molar-refractivity contribution in [1.82, 2.24) is 9.99 Å². The van der Waals surface area contributed by atoms with E-state index >= 15 is 0 Å². The van der Waals surface area contributed by atoms with Crippen LogP contribution in [0.2, 0.25) is 0 Å². The molecule has 0 radical (unpaired) electrons. The first-order chi connectivity index (χ1) is 9.16. The Morgan fingerprint density at radius 2 is 1.74 bits per heavy atom. The standard InChI is InChI=1S/C15H25N3O/c1-12-9-10-13(2)18(12)16-11-15(19)17-14-7-5-3-4-6-8-14/h9-10,14,16H,3-8,11H2,1-2H3,(H,17,19). The molecular weight excluding hydrogens is 238 g/mol. The summed E-state index contributed by atoms with van der Waals surface area (Å²) < 4.78 is 1.96. The van der Waals surface area contributed by atoms with Crippen molar-refractivity contribution in [3.63, 3.8) is 0 Å². The summed E-state index contributed by atoms with van der Waals surface area (Å²) >= 11 is 0. The number of hydrogen-bond acceptors (Lipinski definition) is 2. The molecule has 4 heteroatoms. The first-order valence-corrected chi connectivity index (χ1v) is 7.35. The molecule has 4 nitrogen and oxygen atoms in total. The molecule has 0 spiro atoms. The fourth-order valence-electron chi connectivity index (χ4n) is 2.77. The molecule has 0 unspecified atom stereocenters. The molecule has 19 heavy (non-hydrogen) atoms. The van der Waals surface area contributed by atoms with Crippen molar-refractivity contribution in [2.24, 2.45) is 0 Å². The monoisotopic (exact) mass is 263 g/mol. The lowest BCUT2D eigenvalue weighted by Gasteiger charge is -2.18. The molecule has 1 fully saturated rings. The van der Waals surface area contributed by atoms with Gasteiger partial charge in [-0.2, -0.15) is 0 Å². The fourth-order valence-corrected chi connectivity index (χ4v) is 2.77. The minimum absolute atomic E-state index is 0.0967. The third-order valence-electron chi connectivity index (χ3n) is 3.89. The average molecular weight is 263 g/mol. The van der Waals surface area contributed by atoms with Gasteiger partial charge >= 0.3 is 0 Å². The highest BCUT2D eigenvalue weighted by molar-refractivity contribution is 5.79. The molecule has 0 aliphatic heterocycles. The third-order valence-corrected chi connectivity index (χ3v) is 3.89. The van der Waals surface area contributed by atoms with Crippen LogP contribution in [-0.4, -0.2) is 23.2 Å². The van der Waals surface area contributed by atoms with Gasteiger partial charge in [0.1, 0.15) is 6.54 Å². The summed E-state index contributed by atoms with van der Waals surface area (Å²) in [6, 6.07) is 4.47. The van der Waals surface area contributed by atoms with Gasteiger partial charge < -0.3 is 10.7 Å². The highest BCUT2D eigenvalue weighted by Crippen LogP contribution is 2.17. The molecule has 1 saturated carbocycles. The van der Waals surface area contributed by atoms with E-state index in [-0.39, 0.29) is 5.91 Å². The minimum Gasteiger partial charge on any atom is -0.352 e. The first kappa shape index (κ1) is 14.0. The lowest BCUT2D eigenvalue weighted by molar-refractivity contribution is -0.120. The molecule has 0 saturated heterocycles. The van der Waals surface area contributed by atoms with Crippen molar-refractivity contribution in [3.8, 4) is 0 Å². The Labute approximate surface area is 115 Å². The van der Waals surface area contributed by atoms with Gasteiger partial charge in [-0.1, -0.05) is 25.7 Å². The summed E-state index contributed by atoms with van der Waals surface area (Å²) in [6.45, 7) is 4.40.